The molecule has 22 heavy (non-hydrogen) atoms. The highest BCUT2D eigenvalue weighted by Gasteiger charge is 2.17. The molecule has 0 spiro atoms. The van der Waals surface area contributed by atoms with E-state index in [1.54, 1.807) is 27.7 Å². The van der Waals surface area contributed by atoms with Crippen molar-refractivity contribution >= 4 is 11.9 Å². The molecule has 118 valence electrons. The molecule has 0 aliphatic rings. The molecule has 0 bridgehead atoms. The van der Waals surface area contributed by atoms with Gasteiger partial charge in [-0.1, -0.05) is 11.1 Å². The van der Waals surface area contributed by atoms with Crippen LogP contribution in [-0.2, 0) is 9.59 Å². The molecular weight excluding hydrogens is 294 g/mol. The van der Waals surface area contributed by atoms with Crippen molar-refractivity contribution in [3.8, 4) is 11.5 Å². The third-order valence-corrected chi connectivity index (χ3v) is 2.21. The average Bonchev–Trinajstić information content (AvgIpc) is 2.31. The molecule has 0 fully saturated rings. The van der Waals surface area contributed by atoms with Crippen LogP contribution in [-0.4, -0.2) is 11.9 Å². The zero-order valence-electron chi connectivity index (χ0n) is 12.7. The number of esters is 2. The van der Waals surface area contributed by atoms with E-state index in [0.717, 1.165) is 18.2 Å². The van der Waals surface area contributed by atoms with Crippen molar-refractivity contribution < 1.29 is 27.8 Å². The summed E-state index contributed by atoms with van der Waals surface area (Å²) in [6, 6.07) is 1.54. The first-order chi connectivity index (χ1) is 10.2. The largest absolute Gasteiger partial charge is 0.423 e. The van der Waals surface area contributed by atoms with Gasteiger partial charge in [0.15, 0.2) is 11.6 Å². The fourth-order valence-corrected chi connectivity index (χ4v) is 1.44. The van der Waals surface area contributed by atoms with Crippen molar-refractivity contribution in [2.24, 2.45) is 0 Å². The highest BCUT2D eigenvalue weighted by Crippen LogP contribution is 2.27. The highest BCUT2D eigenvalue weighted by molar-refractivity contribution is 5.85. The summed E-state index contributed by atoms with van der Waals surface area (Å²) in [5.74, 6) is -5.10. The first-order valence-electron chi connectivity index (χ1n) is 6.41. The van der Waals surface area contributed by atoms with Gasteiger partial charge in [-0.3, -0.25) is 0 Å². The van der Waals surface area contributed by atoms with Crippen LogP contribution in [0.2, 0.25) is 0 Å². The van der Waals surface area contributed by atoms with Crippen LogP contribution in [0.3, 0.4) is 0 Å². The molecule has 0 unspecified atom stereocenters. The Labute approximate surface area is 127 Å². The first-order valence-corrected chi connectivity index (χ1v) is 6.41. The van der Waals surface area contributed by atoms with Crippen LogP contribution < -0.4 is 9.47 Å². The number of ether oxygens (including phenoxy) is 2. The van der Waals surface area contributed by atoms with Crippen molar-refractivity contribution in [3.05, 3.63) is 47.1 Å². The van der Waals surface area contributed by atoms with Gasteiger partial charge in [0.2, 0.25) is 5.75 Å². The second-order valence-electron chi connectivity index (χ2n) is 5.00. The summed E-state index contributed by atoms with van der Waals surface area (Å²) >= 11 is 0. The number of halogens is 2. The minimum Gasteiger partial charge on any atom is -0.423 e. The maximum Gasteiger partial charge on any atom is 0.336 e. The van der Waals surface area contributed by atoms with Crippen LogP contribution in [0.4, 0.5) is 8.78 Å². The normalized spacial score (nSPS) is 9.73. The second-order valence-corrected chi connectivity index (χ2v) is 5.00. The van der Waals surface area contributed by atoms with Gasteiger partial charge in [0.05, 0.1) is 0 Å². The summed E-state index contributed by atoms with van der Waals surface area (Å²) in [6.07, 6.45) is 2.28. The SMILES string of the molecule is CC(C)=CC(=O)Oc1cc(F)c(OC(=O)C=C(C)C)c(F)c1. The Bertz CT molecular complexity index is 629. The molecule has 0 aliphatic heterocycles. The summed E-state index contributed by atoms with van der Waals surface area (Å²) in [6.45, 7) is 6.63. The van der Waals surface area contributed by atoms with Gasteiger partial charge >= 0.3 is 11.9 Å². The lowest BCUT2D eigenvalue weighted by atomic mass is 10.3. The zero-order valence-corrected chi connectivity index (χ0v) is 12.7. The summed E-state index contributed by atoms with van der Waals surface area (Å²) in [5, 5.41) is 0. The predicted molar refractivity (Wildman–Crippen MR) is 76.5 cm³/mol. The van der Waals surface area contributed by atoms with Gasteiger partial charge in [-0.15, -0.1) is 0 Å². The van der Waals surface area contributed by atoms with Crippen molar-refractivity contribution in [1.82, 2.24) is 0 Å². The monoisotopic (exact) mass is 310 g/mol. The maximum atomic E-state index is 13.8. The van der Waals surface area contributed by atoms with E-state index in [0.29, 0.717) is 11.1 Å². The van der Waals surface area contributed by atoms with E-state index in [2.05, 4.69) is 4.74 Å². The number of allylic oxidation sites excluding steroid dienone is 2. The third kappa shape index (κ3) is 5.47. The van der Waals surface area contributed by atoms with Crippen molar-refractivity contribution in [3.63, 3.8) is 0 Å². The molecular formula is C16H16F2O4. The van der Waals surface area contributed by atoms with Crippen LogP contribution >= 0.6 is 0 Å². The molecule has 1 aromatic rings. The first kappa shape index (κ1) is 17.6. The van der Waals surface area contributed by atoms with Gasteiger partial charge in [-0.25, -0.2) is 18.4 Å². The topological polar surface area (TPSA) is 52.6 Å². The van der Waals surface area contributed by atoms with E-state index in [4.69, 9.17) is 4.74 Å². The van der Waals surface area contributed by atoms with Crippen molar-refractivity contribution in [2.75, 3.05) is 0 Å². The van der Waals surface area contributed by atoms with Crippen molar-refractivity contribution in [1.29, 1.82) is 0 Å². The predicted octanol–water partition coefficient (Wildman–Crippen LogP) is 3.71. The molecule has 0 saturated carbocycles. The fraction of sp³-hybridized carbons (Fsp3) is 0.250. The third-order valence-electron chi connectivity index (χ3n) is 2.21. The number of carbonyl (C=O) groups is 2. The van der Waals surface area contributed by atoms with Crippen LogP contribution in [0.1, 0.15) is 27.7 Å². The molecule has 1 rings (SSSR count). The highest BCUT2D eigenvalue weighted by atomic mass is 19.1. The van der Waals surface area contributed by atoms with Gasteiger partial charge in [0.1, 0.15) is 5.75 Å². The smallest absolute Gasteiger partial charge is 0.336 e. The van der Waals surface area contributed by atoms with Crippen LogP contribution in [0.25, 0.3) is 0 Å². The number of hydrogen-bond donors (Lipinski definition) is 0. The molecule has 0 aromatic heterocycles. The summed E-state index contributed by atoms with van der Waals surface area (Å²) in [4.78, 5) is 22.8. The van der Waals surface area contributed by atoms with Gasteiger partial charge in [-0.05, 0) is 27.7 Å². The van der Waals surface area contributed by atoms with Gasteiger partial charge in [0.25, 0.3) is 0 Å². The minimum atomic E-state index is -1.14. The quantitative estimate of drug-likeness (QED) is 0.483. The molecule has 0 atom stereocenters. The summed E-state index contributed by atoms with van der Waals surface area (Å²) < 4.78 is 36.9. The molecule has 0 N–H and O–H groups in total. The number of rotatable bonds is 4. The van der Waals surface area contributed by atoms with E-state index >= 15 is 0 Å². The van der Waals surface area contributed by atoms with Gasteiger partial charge in [-0.2, -0.15) is 0 Å². The molecule has 4 nitrogen and oxygen atoms in total. The summed E-state index contributed by atoms with van der Waals surface area (Å²) in [7, 11) is 0. The molecule has 1 aromatic carbocycles. The average molecular weight is 310 g/mol. The molecule has 0 saturated heterocycles. The minimum absolute atomic E-state index is 0.320. The molecule has 6 heteroatoms. The van der Waals surface area contributed by atoms with E-state index in [1.807, 2.05) is 0 Å². The van der Waals surface area contributed by atoms with E-state index in [-0.39, 0.29) is 5.75 Å². The van der Waals surface area contributed by atoms with Crippen LogP contribution in [0.15, 0.2) is 35.4 Å². The Hall–Kier alpha value is -2.50. The lowest BCUT2D eigenvalue weighted by Crippen LogP contribution is -2.09. The second kappa shape index (κ2) is 7.49. The number of benzene rings is 1. The fourth-order valence-electron chi connectivity index (χ4n) is 1.44. The Morgan fingerprint density at radius 1 is 0.864 bits per heavy atom. The lowest BCUT2D eigenvalue weighted by Gasteiger charge is -2.07. The molecule has 0 radical (unpaired) electrons. The van der Waals surface area contributed by atoms with Crippen molar-refractivity contribution in [2.45, 2.75) is 27.7 Å². The zero-order chi connectivity index (χ0) is 16.9. The Balaban J connectivity index is 2.98. The summed E-state index contributed by atoms with van der Waals surface area (Å²) in [5.41, 5.74) is 1.30. The molecule has 0 aliphatic carbocycles. The lowest BCUT2D eigenvalue weighted by molar-refractivity contribution is -0.130. The van der Waals surface area contributed by atoms with Crippen LogP contribution in [0.5, 0.6) is 11.5 Å². The standard InChI is InChI=1S/C16H16F2O4/c1-9(2)5-14(19)21-11-7-12(17)16(13(18)8-11)22-15(20)6-10(3)4/h5-8H,1-4H3. The Kier molecular flexibility index (Phi) is 5.98. The number of hydrogen-bond acceptors (Lipinski definition) is 4. The Morgan fingerprint density at radius 3 is 1.68 bits per heavy atom. The van der Waals surface area contributed by atoms with Gasteiger partial charge in [0, 0.05) is 24.3 Å². The number of carbonyl (C=O) groups excluding carboxylic acids is 2. The van der Waals surface area contributed by atoms with E-state index in [9.17, 15) is 18.4 Å². The van der Waals surface area contributed by atoms with E-state index < -0.39 is 29.3 Å². The Morgan fingerprint density at radius 2 is 1.27 bits per heavy atom. The maximum absolute atomic E-state index is 13.8. The molecule has 0 amide bonds. The molecule has 0 heterocycles. The van der Waals surface area contributed by atoms with Gasteiger partial charge < -0.3 is 9.47 Å². The van der Waals surface area contributed by atoms with E-state index in [1.165, 1.54) is 6.08 Å². The van der Waals surface area contributed by atoms with Crippen LogP contribution in [0, 0.1) is 11.6 Å².